The van der Waals surface area contributed by atoms with Crippen LogP contribution in [0.5, 0.6) is 5.75 Å². The Hall–Kier alpha value is -2.12. The lowest BCUT2D eigenvalue weighted by molar-refractivity contribution is 0.414. The minimum Gasteiger partial charge on any atom is -0.497 e. The number of nitrogen functional groups attached to an aromatic ring is 1. The van der Waals surface area contributed by atoms with Crippen LogP contribution in [0.25, 0.3) is 0 Å². The normalized spacial score (nSPS) is 11.2. The van der Waals surface area contributed by atoms with E-state index in [2.05, 4.69) is 9.71 Å². The second-order valence-corrected chi connectivity index (χ2v) is 5.80. The third-order valence-electron chi connectivity index (χ3n) is 2.69. The number of nitrogens with zero attached hydrogens (tertiary/aromatic N) is 1. The zero-order valence-electron chi connectivity index (χ0n) is 10.9. The fraction of sp³-hybridized carbons (Fsp3) is 0.154. The van der Waals surface area contributed by atoms with Crippen molar-refractivity contribution in [2.45, 2.75) is 11.4 Å². The molecule has 0 aliphatic carbocycles. The van der Waals surface area contributed by atoms with Gasteiger partial charge >= 0.3 is 0 Å². The SMILES string of the molecule is COc1cccc(CNS(=O)(=O)c2cccnc2N)c1. The number of anilines is 1. The number of benzene rings is 1. The van der Waals surface area contributed by atoms with Crippen LogP contribution in [-0.4, -0.2) is 20.5 Å². The fourth-order valence-electron chi connectivity index (χ4n) is 1.67. The monoisotopic (exact) mass is 293 g/mol. The Morgan fingerprint density at radius 1 is 1.30 bits per heavy atom. The smallest absolute Gasteiger partial charge is 0.244 e. The summed E-state index contributed by atoms with van der Waals surface area (Å²) < 4.78 is 31.8. The summed E-state index contributed by atoms with van der Waals surface area (Å²) in [5, 5.41) is 0. The van der Waals surface area contributed by atoms with Gasteiger partial charge < -0.3 is 10.5 Å². The molecule has 0 amide bonds. The van der Waals surface area contributed by atoms with Crippen LogP contribution in [0.1, 0.15) is 5.56 Å². The van der Waals surface area contributed by atoms with Gasteiger partial charge in [-0.15, -0.1) is 0 Å². The maximum atomic E-state index is 12.1. The predicted molar refractivity (Wildman–Crippen MR) is 75.7 cm³/mol. The van der Waals surface area contributed by atoms with Crippen molar-refractivity contribution in [2.75, 3.05) is 12.8 Å². The van der Waals surface area contributed by atoms with Gasteiger partial charge in [0.25, 0.3) is 0 Å². The van der Waals surface area contributed by atoms with Crippen molar-refractivity contribution in [2.24, 2.45) is 0 Å². The van der Waals surface area contributed by atoms with E-state index in [0.717, 1.165) is 5.56 Å². The molecular weight excluding hydrogens is 278 g/mol. The third-order valence-corrected chi connectivity index (χ3v) is 4.14. The molecular formula is C13H15N3O3S. The second kappa shape index (κ2) is 5.89. The summed E-state index contributed by atoms with van der Waals surface area (Å²) in [5.74, 6) is 0.647. The summed E-state index contributed by atoms with van der Waals surface area (Å²) in [6.45, 7) is 0.147. The van der Waals surface area contributed by atoms with Gasteiger partial charge in [-0.3, -0.25) is 0 Å². The lowest BCUT2D eigenvalue weighted by Crippen LogP contribution is -2.24. The summed E-state index contributed by atoms with van der Waals surface area (Å²) in [4.78, 5) is 3.74. The molecule has 0 saturated heterocycles. The van der Waals surface area contributed by atoms with Gasteiger partial charge in [0.05, 0.1) is 7.11 Å². The zero-order chi connectivity index (χ0) is 14.6. The van der Waals surface area contributed by atoms with E-state index in [0.29, 0.717) is 5.75 Å². The van der Waals surface area contributed by atoms with E-state index in [1.165, 1.54) is 18.3 Å². The second-order valence-electron chi connectivity index (χ2n) is 4.06. The topological polar surface area (TPSA) is 94.3 Å². The average Bonchev–Trinajstić information content (AvgIpc) is 2.46. The van der Waals surface area contributed by atoms with Gasteiger partial charge in [-0.05, 0) is 29.8 Å². The highest BCUT2D eigenvalue weighted by molar-refractivity contribution is 7.89. The lowest BCUT2D eigenvalue weighted by Gasteiger charge is -2.09. The first-order valence-electron chi connectivity index (χ1n) is 5.86. The summed E-state index contributed by atoms with van der Waals surface area (Å²) >= 11 is 0. The first-order valence-corrected chi connectivity index (χ1v) is 7.34. The van der Waals surface area contributed by atoms with Gasteiger partial charge in [-0.2, -0.15) is 0 Å². The lowest BCUT2D eigenvalue weighted by atomic mass is 10.2. The molecule has 0 aliphatic heterocycles. The van der Waals surface area contributed by atoms with Crippen LogP contribution in [0.4, 0.5) is 5.82 Å². The molecule has 0 fully saturated rings. The highest BCUT2D eigenvalue weighted by Crippen LogP contribution is 2.16. The number of hydrogen-bond donors (Lipinski definition) is 2. The van der Waals surface area contributed by atoms with Crippen molar-refractivity contribution < 1.29 is 13.2 Å². The van der Waals surface area contributed by atoms with Gasteiger partial charge in [0.2, 0.25) is 10.0 Å². The number of nitrogens with two attached hydrogens (primary N) is 1. The molecule has 3 N–H and O–H groups in total. The highest BCUT2D eigenvalue weighted by atomic mass is 32.2. The Morgan fingerprint density at radius 2 is 2.10 bits per heavy atom. The Kier molecular flexibility index (Phi) is 4.21. The van der Waals surface area contributed by atoms with E-state index in [1.54, 1.807) is 31.4 Å². The van der Waals surface area contributed by atoms with E-state index in [9.17, 15) is 8.42 Å². The van der Waals surface area contributed by atoms with Crippen molar-refractivity contribution in [3.05, 3.63) is 48.2 Å². The molecule has 0 atom stereocenters. The van der Waals surface area contributed by atoms with Crippen molar-refractivity contribution >= 4 is 15.8 Å². The molecule has 6 nitrogen and oxygen atoms in total. The van der Waals surface area contributed by atoms with Crippen LogP contribution >= 0.6 is 0 Å². The van der Waals surface area contributed by atoms with Gasteiger partial charge in [-0.1, -0.05) is 12.1 Å². The number of methoxy groups -OCH3 is 1. The number of rotatable bonds is 5. The van der Waals surface area contributed by atoms with Crippen molar-refractivity contribution in [1.82, 2.24) is 9.71 Å². The number of sulfonamides is 1. The van der Waals surface area contributed by atoms with Crippen LogP contribution in [0.2, 0.25) is 0 Å². The minimum absolute atomic E-state index is 0.0226. The first kappa shape index (κ1) is 14.3. The largest absolute Gasteiger partial charge is 0.497 e. The molecule has 0 bridgehead atoms. The van der Waals surface area contributed by atoms with E-state index in [-0.39, 0.29) is 17.3 Å². The Morgan fingerprint density at radius 3 is 2.80 bits per heavy atom. The van der Waals surface area contributed by atoms with Crippen LogP contribution in [0.15, 0.2) is 47.5 Å². The van der Waals surface area contributed by atoms with E-state index in [4.69, 9.17) is 10.5 Å². The van der Waals surface area contributed by atoms with Gasteiger partial charge in [0.1, 0.15) is 16.5 Å². The van der Waals surface area contributed by atoms with Crippen molar-refractivity contribution in [3.8, 4) is 5.75 Å². The van der Waals surface area contributed by atoms with E-state index in [1.807, 2.05) is 0 Å². The van der Waals surface area contributed by atoms with Gasteiger partial charge in [0.15, 0.2) is 0 Å². The summed E-state index contributed by atoms with van der Waals surface area (Å²) in [7, 11) is -2.13. The van der Waals surface area contributed by atoms with Crippen LogP contribution in [-0.2, 0) is 16.6 Å². The molecule has 0 unspecified atom stereocenters. The molecule has 0 aliphatic rings. The standard InChI is InChI=1S/C13H15N3O3S/c1-19-11-5-2-4-10(8-11)9-16-20(17,18)12-6-3-7-15-13(12)14/h2-8,16H,9H2,1H3,(H2,14,15). The predicted octanol–water partition coefficient (Wildman–Crippen LogP) is 1.15. The zero-order valence-corrected chi connectivity index (χ0v) is 11.7. The molecule has 1 heterocycles. The van der Waals surface area contributed by atoms with Crippen LogP contribution in [0, 0.1) is 0 Å². The number of hydrogen-bond acceptors (Lipinski definition) is 5. The van der Waals surface area contributed by atoms with E-state index < -0.39 is 10.0 Å². The van der Waals surface area contributed by atoms with Gasteiger partial charge in [0, 0.05) is 12.7 Å². The summed E-state index contributed by atoms with van der Waals surface area (Å²) in [6, 6.07) is 10.1. The maximum absolute atomic E-state index is 12.1. The van der Waals surface area contributed by atoms with E-state index >= 15 is 0 Å². The maximum Gasteiger partial charge on any atom is 0.244 e. The summed E-state index contributed by atoms with van der Waals surface area (Å²) in [6.07, 6.45) is 1.44. The molecule has 0 saturated carbocycles. The fourth-order valence-corrected chi connectivity index (χ4v) is 2.77. The molecule has 2 rings (SSSR count). The highest BCUT2D eigenvalue weighted by Gasteiger charge is 2.17. The molecule has 2 aromatic rings. The Bertz CT molecular complexity index is 702. The molecule has 7 heteroatoms. The quantitative estimate of drug-likeness (QED) is 0.862. The van der Waals surface area contributed by atoms with Gasteiger partial charge in [-0.25, -0.2) is 18.1 Å². The Labute approximate surface area is 117 Å². The molecule has 1 aromatic heterocycles. The number of pyridine rings is 1. The third kappa shape index (κ3) is 3.25. The average molecular weight is 293 g/mol. The molecule has 1 aromatic carbocycles. The minimum atomic E-state index is -3.69. The van der Waals surface area contributed by atoms with Crippen LogP contribution in [0.3, 0.4) is 0 Å². The molecule has 20 heavy (non-hydrogen) atoms. The first-order chi connectivity index (χ1) is 9.53. The molecule has 0 radical (unpaired) electrons. The van der Waals surface area contributed by atoms with Crippen molar-refractivity contribution in [3.63, 3.8) is 0 Å². The molecule has 106 valence electrons. The number of nitrogens with one attached hydrogen (secondary N) is 1. The Balaban J connectivity index is 2.15. The number of aromatic nitrogens is 1. The van der Waals surface area contributed by atoms with Crippen LogP contribution < -0.4 is 15.2 Å². The summed E-state index contributed by atoms with van der Waals surface area (Å²) in [5.41, 5.74) is 6.36. The van der Waals surface area contributed by atoms with Crippen molar-refractivity contribution in [1.29, 1.82) is 0 Å². The number of ether oxygens (including phenoxy) is 1. The molecule has 0 spiro atoms.